The van der Waals surface area contributed by atoms with Gasteiger partial charge >= 0.3 is 0 Å². The number of pyridine rings is 1. The van der Waals surface area contributed by atoms with Gasteiger partial charge in [0.05, 0.1) is 5.69 Å². The maximum Gasteiger partial charge on any atom is 0.0515 e. The number of hydrogen-bond acceptors (Lipinski definition) is 3. The van der Waals surface area contributed by atoms with Crippen LogP contribution in [0.4, 0.5) is 11.4 Å². The predicted octanol–water partition coefficient (Wildman–Crippen LogP) is 3.66. The zero-order valence-corrected chi connectivity index (χ0v) is 12.7. The van der Waals surface area contributed by atoms with E-state index in [0.717, 1.165) is 19.5 Å². The Hall–Kier alpha value is -2.13. The van der Waals surface area contributed by atoms with Crippen LogP contribution in [0.15, 0.2) is 42.7 Å². The fourth-order valence-electron chi connectivity index (χ4n) is 2.74. The van der Waals surface area contributed by atoms with E-state index < -0.39 is 0 Å². The Morgan fingerprint density at radius 2 is 1.76 bits per heavy atom. The van der Waals surface area contributed by atoms with Crippen LogP contribution in [0.3, 0.4) is 0 Å². The minimum absolute atomic E-state index is 1.01. The summed E-state index contributed by atoms with van der Waals surface area (Å²) in [4.78, 5) is 8.90. The molecular weight excluding hydrogens is 258 g/mol. The molecule has 3 nitrogen and oxygen atoms in total. The van der Waals surface area contributed by atoms with E-state index in [2.05, 4.69) is 71.4 Å². The van der Waals surface area contributed by atoms with Gasteiger partial charge in [-0.05, 0) is 44.8 Å². The first-order chi connectivity index (χ1) is 10.3. The zero-order chi connectivity index (χ0) is 14.7. The Bertz CT molecular complexity index is 597. The number of hydrogen-bond donors (Lipinski definition) is 0. The molecule has 1 aromatic heterocycles. The molecular formula is C18H21N3. The molecule has 0 saturated carbocycles. The van der Waals surface area contributed by atoms with Gasteiger partial charge < -0.3 is 9.80 Å². The highest BCUT2D eigenvalue weighted by atomic mass is 15.1. The van der Waals surface area contributed by atoms with Crippen molar-refractivity contribution in [3.05, 3.63) is 53.9 Å². The molecule has 2 heterocycles. The van der Waals surface area contributed by atoms with Crippen LogP contribution in [0.25, 0.3) is 12.2 Å². The number of para-hydroxylation sites is 1. The number of benzene rings is 1. The van der Waals surface area contributed by atoms with Crippen LogP contribution in [0.1, 0.15) is 17.5 Å². The average molecular weight is 279 g/mol. The maximum absolute atomic E-state index is 4.26. The van der Waals surface area contributed by atoms with Crippen molar-refractivity contribution >= 4 is 23.5 Å². The molecule has 2 aromatic rings. The van der Waals surface area contributed by atoms with Crippen LogP contribution in [0.5, 0.6) is 0 Å². The van der Waals surface area contributed by atoms with Crippen molar-refractivity contribution in [1.82, 2.24) is 9.88 Å². The van der Waals surface area contributed by atoms with Gasteiger partial charge in [0.1, 0.15) is 0 Å². The molecule has 0 saturated heterocycles. The van der Waals surface area contributed by atoms with Crippen molar-refractivity contribution < 1.29 is 0 Å². The molecule has 21 heavy (non-hydrogen) atoms. The summed E-state index contributed by atoms with van der Waals surface area (Å²) < 4.78 is 0. The van der Waals surface area contributed by atoms with Crippen molar-refractivity contribution in [2.75, 3.05) is 32.1 Å². The molecule has 3 heteroatoms. The minimum atomic E-state index is 1.01. The molecule has 0 radical (unpaired) electrons. The van der Waals surface area contributed by atoms with Crippen molar-refractivity contribution in [3.8, 4) is 0 Å². The molecule has 1 aromatic carbocycles. The molecule has 0 N–H and O–H groups in total. The third kappa shape index (κ3) is 2.98. The summed E-state index contributed by atoms with van der Waals surface area (Å²) in [5.41, 5.74) is 4.96. The minimum Gasteiger partial charge on any atom is -0.340 e. The second kappa shape index (κ2) is 6.10. The SMILES string of the molecule is CN(C)CCCN1c2ccccc2C=Cc2cnccc21. The van der Waals surface area contributed by atoms with Crippen LogP contribution >= 0.6 is 0 Å². The summed E-state index contributed by atoms with van der Waals surface area (Å²) in [6.45, 7) is 2.10. The quantitative estimate of drug-likeness (QED) is 0.851. The third-order valence-corrected chi connectivity index (χ3v) is 3.78. The van der Waals surface area contributed by atoms with E-state index in [0.29, 0.717) is 0 Å². The van der Waals surface area contributed by atoms with Gasteiger partial charge in [-0.25, -0.2) is 0 Å². The first kappa shape index (κ1) is 13.8. The summed E-state index contributed by atoms with van der Waals surface area (Å²) in [7, 11) is 4.24. The number of aromatic nitrogens is 1. The van der Waals surface area contributed by atoms with E-state index in [-0.39, 0.29) is 0 Å². The van der Waals surface area contributed by atoms with Crippen LogP contribution in [-0.4, -0.2) is 37.1 Å². The second-order valence-electron chi connectivity index (χ2n) is 5.64. The van der Waals surface area contributed by atoms with E-state index in [1.807, 2.05) is 12.4 Å². The summed E-state index contributed by atoms with van der Waals surface area (Å²) >= 11 is 0. The second-order valence-corrected chi connectivity index (χ2v) is 5.64. The van der Waals surface area contributed by atoms with Gasteiger partial charge in [0.15, 0.2) is 0 Å². The lowest BCUT2D eigenvalue weighted by Crippen LogP contribution is -2.24. The van der Waals surface area contributed by atoms with Crippen molar-refractivity contribution in [2.24, 2.45) is 0 Å². The van der Waals surface area contributed by atoms with Crippen molar-refractivity contribution in [1.29, 1.82) is 0 Å². The van der Waals surface area contributed by atoms with Gasteiger partial charge in [-0.2, -0.15) is 0 Å². The van der Waals surface area contributed by atoms with Gasteiger partial charge in [-0.15, -0.1) is 0 Å². The molecule has 1 aliphatic rings. The van der Waals surface area contributed by atoms with Crippen molar-refractivity contribution in [2.45, 2.75) is 6.42 Å². The lowest BCUT2D eigenvalue weighted by Gasteiger charge is -2.27. The number of nitrogens with zero attached hydrogens (tertiary/aromatic N) is 3. The highest BCUT2D eigenvalue weighted by Gasteiger charge is 2.17. The Balaban J connectivity index is 1.98. The van der Waals surface area contributed by atoms with E-state index in [1.54, 1.807) is 0 Å². The Kier molecular flexibility index (Phi) is 4.02. The fraction of sp³-hybridized carbons (Fsp3) is 0.278. The maximum atomic E-state index is 4.26. The molecule has 0 spiro atoms. The van der Waals surface area contributed by atoms with Crippen LogP contribution in [0.2, 0.25) is 0 Å². The lowest BCUT2D eigenvalue weighted by molar-refractivity contribution is 0.402. The molecule has 0 unspecified atom stereocenters. The smallest absolute Gasteiger partial charge is 0.0515 e. The topological polar surface area (TPSA) is 19.4 Å². The zero-order valence-electron chi connectivity index (χ0n) is 12.7. The largest absolute Gasteiger partial charge is 0.340 e. The number of rotatable bonds is 4. The highest BCUT2D eigenvalue weighted by molar-refractivity contribution is 5.88. The normalized spacial score (nSPS) is 13.0. The Labute approximate surface area is 126 Å². The van der Waals surface area contributed by atoms with Crippen LogP contribution in [0, 0.1) is 0 Å². The van der Waals surface area contributed by atoms with E-state index in [4.69, 9.17) is 0 Å². The van der Waals surface area contributed by atoms with Crippen molar-refractivity contribution in [3.63, 3.8) is 0 Å². The molecule has 108 valence electrons. The van der Waals surface area contributed by atoms with Gasteiger partial charge in [0.2, 0.25) is 0 Å². The molecule has 0 aliphatic carbocycles. The molecule has 3 rings (SSSR count). The number of anilines is 2. The first-order valence-corrected chi connectivity index (χ1v) is 7.39. The van der Waals surface area contributed by atoms with E-state index in [9.17, 15) is 0 Å². The van der Waals surface area contributed by atoms with Gasteiger partial charge in [0, 0.05) is 30.2 Å². The lowest BCUT2D eigenvalue weighted by atomic mass is 10.1. The van der Waals surface area contributed by atoms with Gasteiger partial charge in [-0.1, -0.05) is 30.4 Å². The van der Waals surface area contributed by atoms with Gasteiger partial charge in [-0.3, -0.25) is 4.98 Å². The highest BCUT2D eigenvalue weighted by Crippen LogP contribution is 2.35. The summed E-state index contributed by atoms with van der Waals surface area (Å²) in [5, 5.41) is 0. The molecule has 0 fully saturated rings. The summed E-state index contributed by atoms with van der Waals surface area (Å²) in [6, 6.07) is 10.7. The van der Waals surface area contributed by atoms with E-state index >= 15 is 0 Å². The monoisotopic (exact) mass is 279 g/mol. The predicted molar refractivity (Wildman–Crippen MR) is 89.8 cm³/mol. The molecule has 0 amide bonds. The molecule has 0 atom stereocenters. The Morgan fingerprint density at radius 3 is 2.62 bits per heavy atom. The fourth-order valence-corrected chi connectivity index (χ4v) is 2.74. The Morgan fingerprint density at radius 1 is 1.00 bits per heavy atom. The molecule has 1 aliphatic heterocycles. The first-order valence-electron chi connectivity index (χ1n) is 7.39. The summed E-state index contributed by atoms with van der Waals surface area (Å²) in [6.07, 6.45) is 9.29. The average Bonchev–Trinajstić information content (AvgIpc) is 2.65. The van der Waals surface area contributed by atoms with E-state index in [1.165, 1.54) is 22.5 Å². The van der Waals surface area contributed by atoms with Gasteiger partial charge in [0.25, 0.3) is 0 Å². The number of fused-ring (bicyclic) bond motifs is 2. The third-order valence-electron chi connectivity index (χ3n) is 3.78. The van der Waals surface area contributed by atoms with Crippen LogP contribution in [-0.2, 0) is 0 Å². The standard InChI is InChI=1S/C18H21N3/c1-20(2)12-5-13-21-17-7-4-3-6-15(17)8-9-16-14-19-11-10-18(16)21/h3-4,6-11,14H,5,12-13H2,1-2H3. The van der Waals surface area contributed by atoms with Crippen LogP contribution < -0.4 is 4.90 Å². The summed E-state index contributed by atoms with van der Waals surface area (Å²) in [5.74, 6) is 0. The molecule has 0 bridgehead atoms.